The number of hydrogen-bond donors (Lipinski definition) is 0. The van der Waals surface area contributed by atoms with E-state index in [1.807, 2.05) is 6.07 Å². The Labute approximate surface area is 228 Å². The van der Waals surface area contributed by atoms with Crippen molar-refractivity contribution in [3.8, 4) is 5.75 Å². The summed E-state index contributed by atoms with van der Waals surface area (Å²) in [5.41, 5.74) is 2.82. The van der Waals surface area contributed by atoms with Gasteiger partial charge in [0.1, 0.15) is 5.75 Å². The maximum atomic E-state index is 13.3. The molecule has 1 aliphatic rings. The zero-order valence-electron chi connectivity index (χ0n) is 21.1. The van der Waals surface area contributed by atoms with Crippen molar-refractivity contribution < 1.29 is 32.2 Å². The summed E-state index contributed by atoms with van der Waals surface area (Å²) in [4.78, 5) is 26.6. The number of aromatic nitrogens is 1. The van der Waals surface area contributed by atoms with Gasteiger partial charge in [-0.15, -0.1) is 13.2 Å². The quantitative estimate of drug-likeness (QED) is 0.309. The number of alkyl halides is 3. The van der Waals surface area contributed by atoms with Crippen LogP contribution in [0, 0.1) is 12.8 Å². The number of aryl methyl sites for hydroxylation is 2. The van der Waals surface area contributed by atoms with Crippen molar-refractivity contribution in [2.45, 2.75) is 39.0 Å². The number of halogens is 5. The van der Waals surface area contributed by atoms with Crippen molar-refractivity contribution in [3.05, 3.63) is 62.8 Å². The summed E-state index contributed by atoms with van der Waals surface area (Å²) < 4.78 is 48.9. The van der Waals surface area contributed by atoms with Crippen LogP contribution in [0.3, 0.4) is 0 Å². The van der Waals surface area contributed by atoms with Crippen LogP contribution >= 0.6 is 23.2 Å². The van der Waals surface area contributed by atoms with Crippen molar-refractivity contribution >= 4 is 46.0 Å². The van der Waals surface area contributed by atoms with E-state index < -0.39 is 6.36 Å². The lowest BCUT2D eigenvalue weighted by Gasteiger charge is -2.32. The molecule has 6 nitrogen and oxygen atoms in total. The minimum absolute atomic E-state index is 0.166. The van der Waals surface area contributed by atoms with E-state index in [2.05, 4.69) is 4.74 Å². The number of likely N-dealkylation sites (tertiary alicyclic amines) is 1. The van der Waals surface area contributed by atoms with Gasteiger partial charge in [-0.1, -0.05) is 23.2 Å². The lowest BCUT2D eigenvalue weighted by atomic mass is 9.93. The molecule has 0 N–H and O–H groups in total. The molecule has 2 heterocycles. The number of nitrogens with zero attached hydrogens (tertiary/aromatic N) is 2. The summed E-state index contributed by atoms with van der Waals surface area (Å²) in [5.74, 6) is -0.604. The number of hydrogen-bond acceptors (Lipinski definition) is 4. The summed E-state index contributed by atoms with van der Waals surface area (Å²) in [6.45, 7) is 2.71. The van der Waals surface area contributed by atoms with Gasteiger partial charge in [0, 0.05) is 55.1 Å². The second-order valence-corrected chi connectivity index (χ2v) is 10.3. The van der Waals surface area contributed by atoms with Crippen LogP contribution in [0.25, 0.3) is 10.9 Å². The van der Waals surface area contributed by atoms with Crippen molar-refractivity contribution in [1.29, 1.82) is 0 Å². The molecule has 0 atom stereocenters. The Bertz CT molecular complexity index is 1380. The first-order chi connectivity index (χ1) is 17.9. The predicted molar refractivity (Wildman–Crippen MR) is 139 cm³/mol. The fourth-order valence-electron chi connectivity index (χ4n) is 4.93. The molecule has 0 saturated carbocycles. The van der Waals surface area contributed by atoms with Gasteiger partial charge in [-0.3, -0.25) is 9.59 Å². The Hall–Kier alpha value is -2.91. The molecule has 0 bridgehead atoms. The van der Waals surface area contributed by atoms with E-state index >= 15 is 0 Å². The molecule has 1 fully saturated rings. The van der Waals surface area contributed by atoms with Crippen molar-refractivity contribution in [1.82, 2.24) is 9.47 Å². The van der Waals surface area contributed by atoms with E-state index in [-0.39, 0.29) is 35.0 Å². The predicted octanol–water partition coefficient (Wildman–Crippen LogP) is 6.70. The summed E-state index contributed by atoms with van der Waals surface area (Å²) in [6, 6.07) is 7.78. The third-order valence-electron chi connectivity index (χ3n) is 7.03. The number of benzene rings is 2. The van der Waals surface area contributed by atoms with Gasteiger partial charge < -0.3 is 18.9 Å². The summed E-state index contributed by atoms with van der Waals surface area (Å²) in [6.07, 6.45) is -2.82. The Balaban J connectivity index is 1.58. The SMILES string of the molecule is COC(=O)CC1CCN(C(=O)c2ccc(Cl)c(Cc3cc4c(C)cc(OC(F)(F)F)cc4n3C)c2Cl)CC1. The van der Waals surface area contributed by atoms with Crippen LogP contribution in [-0.4, -0.2) is 47.9 Å². The molecular weight excluding hydrogens is 544 g/mol. The molecule has 1 saturated heterocycles. The highest BCUT2D eigenvalue weighted by Gasteiger charge is 2.32. The minimum Gasteiger partial charge on any atom is -0.469 e. The van der Waals surface area contributed by atoms with Crippen molar-refractivity contribution in [2.75, 3.05) is 20.2 Å². The lowest BCUT2D eigenvalue weighted by molar-refractivity contribution is -0.274. The molecule has 1 aromatic heterocycles. The van der Waals surface area contributed by atoms with Crippen LogP contribution in [0.15, 0.2) is 30.3 Å². The van der Waals surface area contributed by atoms with Gasteiger partial charge in [0.05, 0.1) is 23.2 Å². The first kappa shape index (κ1) is 28.1. The monoisotopic (exact) mass is 570 g/mol. The molecule has 0 aliphatic carbocycles. The molecule has 1 amide bonds. The minimum atomic E-state index is -4.79. The van der Waals surface area contributed by atoms with Crippen LogP contribution in [0.1, 0.15) is 46.4 Å². The zero-order valence-corrected chi connectivity index (χ0v) is 22.6. The highest BCUT2D eigenvalue weighted by molar-refractivity contribution is 6.38. The summed E-state index contributed by atoms with van der Waals surface area (Å²) in [7, 11) is 3.10. The molecule has 38 heavy (non-hydrogen) atoms. The fraction of sp³-hybridized carbons (Fsp3) is 0.407. The molecule has 204 valence electrons. The van der Waals surface area contributed by atoms with Crippen LogP contribution in [0.5, 0.6) is 5.75 Å². The molecule has 1 aliphatic heterocycles. The lowest BCUT2D eigenvalue weighted by Crippen LogP contribution is -2.39. The van der Waals surface area contributed by atoms with Gasteiger partial charge in [0.25, 0.3) is 5.91 Å². The van der Waals surface area contributed by atoms with E-state index in [4.69, 9.17) is 27.9 Å². The number of piperidine rings is 1. The number of amides is 1. The van der Waals surface area contributed by atoms with Gasteiger partial charge in [-0.25, -0.2) is 0 Å². The third-order valence-corrected chi connectivity index (χ3v) is 7.82. The van der Waals surface area contributed by atoms with E-state index in [9.17, 15) is 22.8 Å². The smallest absolute Gasteiger partial charge is 0.469 e. The number of ether oxygens (including phenoxy) is 2. The maximum absolute atomic E-state index is 13.3. The second-order valence-electron chi connectivity index (χ2n) is 9.50. The average Bonchev–Trinajstić information content (AvgIpc) is 3.16. The Morgan fingerprint density at radius 2 is 1.79 bits per heavy atom. The van der Waals surface area contributed by atoms with Crippen LogP contribution in [0.4, 0.5) is 13.2 Å². The van der Waals surface area contributed by atoms with Gasteiger partial charge in [0.15, 0.2) is 0 Å². The first-order valence-corrected chi connectivity index (χ1v) is 12.8. The summed E-state index contributed by atoms with van der Waals surface area (Å²) >= 11 is 13.2. The molecule has 0 radical (unpaired) electrons. The van der Waals surface area contributed by atoms with E-state index in [1.54, 1.807) is 35.6 Å². The Morgan fingerprint density at radius 3 is 2.42 bits per heavy atom. The summed E-state index contributed by atoms with van der Waals surface area (Å²) in [5, 5.41) is 1.39. The normalized spacial score (nSPS) is 14.7. The first-order valence-electron chi connectivity index (χ1n) is 12.1. The molecule has 0 spiro atoms. The van der Waals surface area contributed by atoms with Gasteiger partial charge in [-0.05, 0) is 61.1 Å². The molecule has 2 aromatic carbocycles. The van der Waals surface area contributed by atoms with Gasteiger partial charge >= 0.3 is 12.3 Å². The average molecular weight is 571 g/mol. The Morgan fingerprint density at radius 1 is 1.11 bits per heavy atom. The Kier molecular flexibility index (Phi) is 8.18. The van der Waals surface area contributed by atoms with Crippen molar-refractivity contribution in [3.63, 3.8) is 0 Å². The van der Waals surface area contributed by atoms with E-state index in [1.165, 1.54) is 19.2 Å². The van der Waals surface area contributed by atoms with Crippen LogP contribution in [0.2, 0.25) is 10.0 Å². The molecular formula is C27H27Cl2F3N2O4. The zero-order chi connectivity index (χ0) is 27.8. The second kappa shape index (κ2) is 11.1. The van der Waals surface area contributed by atoms with Crippen molar-refractivity contribution in [2.24, 2.45) is 13.0 Å². The van der Waals surface area contributed by atoms with E-state index in [0.717, 1.165) is 11.1 Å². The van der Waals surface area contributed by atoms with E-state index in [0.29, 0.717) is 59.6 Å². The highest BCUT2D eigenvalue weighted by atomic mass is 35.5. The number of esters is 1. The fourth-order valence-corrected chi connectivity index (χ4v) is 5.51. The largest absolute Gasteiger partial charge is 0.573 e. The number of fused-ring (bicyclic) bond motifs is 1. The number of methoxy groups -OCH3 is 1. The highest BCUT2D eigenvalue weighted by Crippen LogP contribution is 2.35. The number of carbonyl (C=O) groups is 2. The number of rotatable bonds is 6. The standard InChI is InChI=1S/C27H27Cl2F3N2O4/c1-15-10-18(38-27(30,31)32)14-23-20(15)12-17(33(23)2)13-21-22(28)5-4-19(25(21)29)26(36)34-8-6-16(7-9-34)11-24(35)37-3/h4-5,10,12,14,16H,6-9,11,13H2,1-3H3. The topological polar surface area (TPSA) is 60.8 Å². The molecule has 4 rings (SSSR count). The molecule has 0 unspecified atom stereocenters. The van der Waals surface area contributed by atoms with Crippen LogP contribution < -0.4 is 4.74 Å². The van der Waals surface area contributed by atoms with Gasteiger partial charge in [-0.2, -0.15) is 0 Å². The maximum Gasteiger partial charge on any atom is 0.573 e. The third kappa shape index (κ3) is 6.04. The van der Waals surface area contributed by atoms with Crippen LogP contribution in [-0.2, 0) is 23.0 Å². The van der Waals surface area contributed by atoms with Gasteiger partial charge in [0.2, 0.25) is 0 Å². The molecule has 11 heteroatoms. The molecule has 3 aromatic rings. The number of carbonyl (C=O) groups excluding carboxylic acids is 2.